The molecular weight excluding hydrogens is 476 g/mol. The van der Waals surface area contributed by atoms with Crippen molar-refractivity contribution in [3.63, 3.8) is 0 Å². The van der Waals surface area contributed by atoms with Gasteiger partial charge in [-0.05, 0) is 30.3 Å². The Morgan fingerprint density at radius 3 is 2.14 bits per heavy atom. The average Bonchev–Trinajstić information content (AvgIpc) is 3.28. The van der Waals surface area contributed by atoms with Crippen molar-refractivity contribution >= 4 is 17.8 Å². The van der Waals surface area contributed by atoms with E-state index in [0.29, 0.717) is 11.1 Å². The van der Waals surface area contributed by atoms with E-state index in [4.69, 9.17) is 31.1 Å². The van der Waals surface area contributed by atoms with E-state index in [1.165, 1.54) is 6.20 Å². The van der Waals surface area contributed by atoms with Crippen molar-refractivity contribution in [1.29, 1.82) is 0 Å². The molecule has 4 atom stereocenters. The molecule has 1 unspecified atom stereocenters. The van der Waals surface area contributed by atoms with Gasteiger partial charge in [-0.15, -0.1) is 6.42 Å². The first-order chi connectivity index (χ1) is 18.0. The van der Waals surface area contributed by atoms with Crippen LogP contribution in [0.25, 0.3) is 0 Å². The van der Waals surface area contributed by atoms with E-state index >= 15 is 0 Å². The minimum atomic E-state index is -1.00. The maximum absolute atomic E-state index is 13.0. The second-order valence-corrected chi connectivity index (χ2v) is 8.15. The van der Waals surface area contributed by atoms with Gasteiger partial charge in [-0.1, -0.05) is 42.3 Å². The van der Waals surface area contributed by atoms with Crippen LogP contribution in [0.15, 0.2) is 85.2 Å². The van der Waals surface area contributed by atoms with Gasteiger partial charge in [0.1, 0.15) is 24.9 Å². The smallest absolute Gasteiger partial charge is 0.338 e. The lowest BCUT2D eigenvalue weighted by Gasteiger charge is -2.22. The summed E-state index contributed by atoms with van der Waals surface area (Å²) in [6, 6.07) is 20.1. The molecule has 1 aliphatic rings. The Morgan fingerprint density at radius 1 is 0.892 bits per heavy atom. The third kappa shape index (κ3) is 6.19. The van der Waals surface area contributed by atoms with Crippen LogP contribution in [0.3, 0.4) is 0 Å². The molecule has 1 fully saturated rings. The third-order valence-corrected chi connectivity index (χ3v) is 5.69. The number of carbonyl (C=O) groups excluding carboxylic acids is 3. The van der Waals surface area contributed by atoms with Gasteiger partial charge >= 0.3 is 11.9 Å². The predicted molar refractivity (Wildman–Crippen MR) is 130 cm³/mol. The first-order valence-corrected chi connectivity index (χ1v) is 11.5. The van der Waals surface area contributed by atoms with Crippen LogP contribution < -0.4 is 10.3 Å². The Labute approximate surface area is 213 Å². The van der Waals surface area contributed by atoms with Crippen molar-refractivity contribution in [3.8, 4) is 12.3 Å². The zero-order valence-electron chi connectivity index (χ0n) is 19.8. The molecule has 0 saturated carbocycles. The Morgan fingerprint density at radius 2 is 1.51 bits per heavy atom. The SMILES string of the molecule is C#CCO[C@@H]1[C@H](OC(=O)c2ccccc2)C(COC(=O)c2ccccc2)O[C@H]1[n+]1cccc(C(N)=O)c1. The van der Waals surface area contributed by atoms with E-state index in [0.717, 1.165) is 0 Å². The molecule has 4 rings (SSSR count). The summed E-state index contributed by atoms with van der Waals surface area (Å²) in [5, 5.41) is 0. The number of nitrogens with zero attached hydrogens (tertiary/aromatic N) is 1. The average molecular weight is 502 g/mol. The number of hydrogen-bond acceptors (Lipinski definition) is 7. The van der Waals surface area contributed by atoms with E-state index in [1.807, 2.05) is 0 Å². The van der Waals surface area contributed by atoms with Crippen LogP contribution in [0.5, 0.6) is 0 Å². The summed E-state index contributed by atoms with van der Waals surface area (Å²) < 4.78 is 25.0. The molecular formula is C28H25N2O7+. The number of amides is 1. The summed E-state index contributed by atoms with van der Waals surface area (Å²) in [7, 11) is 0. The molecule has 2 heterocycles. The normalized spacial score (nSPS) is 20.5. The third-order valence-electron chi connectivity index (χ3n) is 5.69. The molecule has 3 aromatic rings. The highest BCUT2D eigenvalue weighted by Gasteiger charge is 2.53. The van der Waals surface area contributed by atoms with Crippen LogP contribution in [0.2, 0.25) is 0 Å². The number of carbonyl (C=O) groups is 3. The Balaban J connectivity index is 1.63. The monoisotopic (exact) mass is 501 g/mol. The Kier molecular flexibility index (Phi) is 8.26. The van der Waals surface area contributed by atoms with E-state index in [2.05, 4.69) is 5.92 Å². The van der Waals surface area contributed by atoms with Crippen molar-refractivity contribution < 1.29 is 37.9 Å². The van der Waals surface area contributed by atoms with Crippen LogP contribution in [0.4, 0.5) is 0 Å². The van der Waals surface area contributed by atoms with Gasteiger partial charge in [0.15, 0.2) is 24.6 Å². The quantitative estimate of drug-likeness (QED) is 0.271. The van der Waals surface area contributed by atoms with Crippen molar-refractivity contribution in [3.05, 3.63) is 102 Å². The maximum atomic E-state index is 13.0. The number of benzene rings is 2. The molecule has 1 aromatic heterocycles. The number of ether oxygens (including phenoxy) is 4. The van der Waals surface area contributed by atoms with Gasteiger partial charge in [0.25, 0.3) is 12.1 Å². The topological polar surface area (TPSA) is 118 Å². The molecule has 188 valence electrons. The number of hydrogen-bond donors (Lipinski definition) is 1. The van der Waals surface area contributed by atoms with Gasteiger partial charge in [0, 0.05) is 6.07 Å². The highest BCUT2D eigenvalue weighted by Crippen LogP contribution is 2.32. The summed E-state index contributed by atoms with van der Waals surface area (Å²) in [6.45, 7) is -0.334. The van der Waals surface area contributed by atoms with Gasteiger partial charge in [0.05, 0.1) is 11.1 Å². The number of rotatable bonds is 9. The first kappa shape index (κ1) is 25.6. The number of esters is 2. The number of pyridine rings is 1. The molecule has 37 heavy (non-hydrogen) atoms. The fourth-order valence-corrected chi connectivity index (χ4v) is 3.92. The summed E-state index contributed by atoms with van der Waals surface area (Å²) in [4.78, 5) is 37.3. The van der Waals surface area contributed by atoms with Crippen LogP contribution >= 0.6 is 0 Å². The van der Waals surface area contributed by atoms with Crippen molar-refractivity contribution in [2.24, 2.45) is 5.73 Å². The fraction of sp³-hybridized carbons (Fsp3) is 0.214. The Bertz CT molecular complexity index is 1290. The van der Waals surface area contributed by atoms with E-state index in [9.17, 15) is 14.4 Å². The van der Waals surface area contributed by atoms with E-state index in [-0.39, 0.29) is 18.8 Å². The number of aromatic nitrogens is 1. The molecule has 1 aliphatic heterocycles. The zero-order chi connectivity index (χ0) is 26.2. The molecule has 1 saturated heterocycles. The van der Waals surface area contributed by atoms with Crippen LogP contribution in [0, 0.1) is 12.3 Å². The minimum Gasteiger partial charge on any atom is -0.459 e. The summed E-state index contributed by atoms with van der Waals surface area (Å²) in [5.74, 6) is 0.594. The molecule has 9 heteroatoms. The lowest BCUT2D eigenvalue weighted by Crippen LogP contribution is -2.48. The van der Waals surface area contributed by atoms with Crippen LogP contribution in [-0.4, -0.2) is 49.4 Å². The van der Waals surface area contributed by atoms with Gasteiger partial charge < -0.3 is 24.7 Å². The second-order valence-electron chi connectivity index (χ2n) is 8.15. The van der Waals surface area contributed by atoms with Crippen molar-refractivity contribution in [2.45, 2.75) is 24.5 Å². The highest BCUT2D eigenvalue weighted by atomic mass is 16.6. The largest absolute Gasteiger partial charge is 0.459 e. The molecule has 9 nitrogen and oxygen atoms in total. The number of nitrogens with two attached hydrogens (primary N) is 1. The van der Waals surface area contributed by atoms with Gasteiger partial charge in [-0.25, -0.2) is 9.59 Å². The lowest BCUT2D eigenvalue weighted by atomic mass is 10.1. The van der Waals surface area contributed by atoms with Gasteiger partial charge in [-0.3, -0.25) is 4.79 Å². The maximum Gasteiger partial charge on any atom is 0.338 e. The molecule has 0 spiro atoms. The van der Waals surface area contributed by atoms with Crippen molar-refractivity contribution in [2.75, 3.05) is 13.2 Å². The van der Waals surface area contributed by atoms with E-state index in [1.54, 1.807) is 83.6 Å². The summed E-state index contributed by atoms with van der Waals surface area (Å²) >= 11 is 0. The van der Waals surface area contributed by atoms with Crippen molar-refractivity contribution in [1.82, 2.24) is 0 Å². The molecule has 1 amide bonds. The van der Waals surface area contributed by atoms with Gasteiger partial charge in [0.2, 0.25) is 0 Å². The molecule has 2 N–H and O–H groups in total. The zero-order valence-corrected chi connectivity index (χ0v) is 19.8. The fourth-order valence-electron chi connectivity index (χ4n) is 3.92. The number of terminal acetylenes is 1. The molecule has 2 aromatic carbocycles. The predicted octanol–water partition coefficient (Wildman–Crippen LogP) is 2.07. The summed E-state index contributed by atoms with van der Waals surface area (Å²) in [5.41, 5.74) is 6.36. The minimum absolute atomic E-state index is 0.101. The van der Waals surface area contributed by atoms with Crippen LogP contribution in [-0.2, 0) is 18.9 Å². The van der Waals surface area contributed by atoms with Gasteiger partial charge in [-0.2, -0.15) is 4.57 Å². The van der Waals surface area contributed by atoms with Crippen LogP contribution in [0.1, 0.15) is 37.3 Å². The molecule has 0 radical (unpaired) electrons. The molecule has 0 bridgehead atoms. The standard InChI is InChI=1S/C28H24N2O7/c1-2-16-34-24-23(37-28(33)20-12-7-4-8-13-20)22(18-35-27(32)19-10-5-3-6-11-19)36-26(24)30-15-9-14-21(17-30)25(29)31/h1,3-15,17,22-24,26H,16,18H2,(H-,29,31)/p+1/t22?,23-,24-,26-/m1/s1. The summed E-state index contributed by atoms with van der Waals surface area (Å²) in [6.07, 6.45) is 4.90. The molecule has 0 aliphatic carbocycles. The second kappa shape index (κ2) is 11.9. The first-order valence-electron chi connectivity index (χ1n) is 11.5. The number of primary amides is 1. The highest BCUT2D eigenvalue weighted by molar-refractivity contribution is 5.92. The Hall–Kier alpha value is -4.52. The van der Waals surface area contributed by atoms with E-state index < -0.39 is 42.4 Å². The lowest BCUT2D eigenvalue weighted by molar-refractivity contribution is -0.766.